The summed E-state index contributed by atoms with van der Waals surface area (Å²) >= 11 is 12.1. The highest BCUT2D eigenvalue weighted by molar-refractivity contribution is 7.89. The monoisotopic (exact) mass is 524 g/mol. The maximum absolute atomic E-state index is 13.7. The Bertz CT molecular complexity index is 1370. The molecule has 1 aliphatic heterocycles. The van der Waals surface area contributed by atoms with E-state index in [0.717, 1.165) is 39.5 Å². The van der Waals surface area contributed by atoms with Gasteiger partial charge in [0, 0.05) is 11.6 Å². The number of hydrogen-bond donors (Lipinski definition) is 0. The first kappa shape index (κ1) is 24.3. The van der Waals surface area contributed by atoms with Crippen molar-refractivity contribution in [3.63, 3.8) is 0 Å². The van der Waals surface area contributed by atoms with Crippen molar-refractivity contribution in [2.75, 3.05) is 4.90 Å². The number of sulfonamides is 1. The van der Waals surface area contributed by atoms with Crippen molar-refractivity contribution in [3.05, 3.63) is 94.0 Å². The molecule has 0 bridgehead atoms. The Morgan fingerprint density at radius 1 is 0.912 bits per heavy atom. The van der Waals surface area contributed by atoms with E-state index in [1.54, 1.807) is 0 Å². The molecule has 2 amide bonds. The number of benzene rings is 3. The molecule has 3 aromatic carbocycles. The van der Waals surface area contributed by atoms with Crippen molar-refractivity contribution in [1.82, 2.24) is 4.31 Å². The van der Waals surface area contributed by atoms with Gasteiger partial charge in [-0.2, -0.15) is 4.31 Å². The van der Waals surface area contributed by atoms with Crippen LogP contribution in [0.25, 0.3) is 0 Å². The van der Waals surface area contributed by atoms with Crippen LogP contribution in [0.3, 0.4) is 0 Å². The van der Waals surface area contributed by atoms with Crippen LogP contribution in [0, 0.1) is 11.6 Å². The largest absolute Gasteiger partial charge is 0.274 e. The zero-order valence-electron chi connectivity index (χ0n) is 17.3. The number of rotatable bonds is 6. The predicted octanol–water partition coefficient (Wildman–Crippen LogP) is 4.79. The van der Waals surface area contributed by atoms with Crippen LogP contribution in [-0.2, 0) is 26.2 Å². The summed E-state index contributed by atoms with van der Waals surface area (Å²) in [6.07, 6.45) is -0.450. The lowest BCUT2D eigenvalue weighted by molar-refractivity contribution is -0.122. The Hall–Kier alpha value is -2.85. The van der Waals surface area contributed by atoms with Crippen LogP contribution >= 0.6 is 23.2 Å². The number of carbonyl (C=O) groups is 2. The van der Waals surface area contributed by atoms with Crippen molar-refractivity contribution in [3.8, 4) is 0 Å². The summed E-state index contributed by atoms with van der Waals surface area (Å²) < 4.78 is 54.9. The van der Waals surface area contributed by atoms with Gasteiger partial charge >= 0.3 is 0 Å². The summed E-state index contributed by atoms with van der Waals surface area (Å²) in [5.74, 6) is -2.54. The van der Waals surface area contributed by atoms with E-state index in [2.05, 4.69) is 0 Å². The number of hydrogen-bond acceptors (Lipinski definition) is 4. The molecule has 6 nitrogen and oxygen atoms in total. The first-order chi connectivity index (χ1) is 16.1. The molecule has 1 unspecified atom stereocenters. The SMILES string of the molecule is O=C1CC(N(Cc2ccc(F)cc2)S(=O)(=O)c2cc(Cl)ccc2Cl)C(=O)N1c1ccc(F)cc1. The van der Waals surface area contributed by atoms with Crippen LogP contribution in [0.4, 0.5) is 14.5 Å². The molecule has 176 valence electrons. The maximum Gasteiger partial charge on any atom is 0.252 e. The van der Waals surface area contributed by atoms with Gasteiger partial charge in [0.2, 0.25) is 15.9 Å². The first-order valence-corrected chi connectivity index (χ1v) is 12.1. The fraction of sp³-hybridized carbons (Fsp3) is 0.130. The minimum absolute atomic E-state index is 0.103. The van der Waals surface area contributed by atoms with Gasteiger partial charge in [0.1, 0.15) is 22.6 Å². The van der Waals surface area contributed by atoms with Crippen molar-refractivity contribution < 1.29 is 26.8 Å². The molecule has 4 rings (SSSR count). The van der Waals surface area contributed by atoms with Crippen molar-refractivity contribution in [2.45, 2.75) is 23.9 Å². The van der Waals surface area contributed by atoms with Crippen LogP contribution in [0.15, 0.2) is 71.6 Å². The molecule has 0 aromatic heterocycles. The second-order valence-electron chi connectivity index (χ2n) is 7.52. The third-order valence-electron chi connectivity index (χ3n) is 5.29. The summed E-state index contributed by atoms with van der Waals surface area (Å²) in [4.78, 5) is 26.5. The maximum atomic E-state index is 13.7. The van der Waals surface area contributed by atoms with E-state index in [1.165, 1.54) is 36.4 Å². The number of imide groups is 1. The highest BCUT2D eigenvalue weighted by Crippen LogP contribution is 2.34. The van der Waals surface area contributed by atoms with E-state index in [0.29, 0.717) is 5.56 Å². The van der Waals surface area contributed by atoms with Gasteiger partial charge in [0.15, 0.2) is 0 Å². The molecule has 0 spiro atoms. The number of anilines is 1. The van der Waals surface area contributed by atoms with Crippen LogP contribution in [-0.4, -0.2) is 30.6 Å². The highest BCUT2D eigenvalue weighted by atomic mass is 35.5. The third-order valence-corrected chi connectivity index (χ3v) is 7.86. The molecule has 1 heterocycles. The number of nitrogens with zero attached hydrogens (tertiary/aromatic N) is 2. The molecule has 0 radical (unpaired) electrons. The molecule has 1 aliphatic rings. The average Bonchev–Trinajstić information content (AvgIpc) is 3.09. The summed E-state index contributed by atoms with van der Waals surface area (Å²) in [5, 5.41) is -0.0212. The molecular formula is C23H16Cl2F2N2O4S. The first-order valence-electron chi connectivity index (χ1n) is 9.91. The number of halogens is 4. The Morgan fingerprint density at radius 2 is 1.50 bits per heavy atom. The smallest absolute Gasteiger partial charge is 0.252 e. The molecule has 0 N–H and O–H groups in total. The van der Waals surface area contributed by atoms with Crippen LogP contribution in [0.5, 0.6) is 0 Å². The zero-order valence-corrected chi connectivity index (χ0v) is 19.6. The quantitative estimate of drug-likeness (QED) is 0.434. The molecule has 34 heavy (non-hydrogen) atoms. The minimum Gasteiger partial charge on any atom is -0.274 e. The van der Waals surface area contributed by atoms with Gasteiger partial charge in [0.05, 0.1) is 17.1 Å². The molecule has 1 fully saturated rings. The fourth-order valence-corrected chi connectivity index (χ4v) is 5.94. The number of carbonyl (C=O) groups excluding carboxylic acids is 2. The summed E-state index contributed by atoms with van der Waals surface area (Å²) in [6, 6.07) is 12.2. The second kappa shape index (κ2) is 9.42. The molecule has 11 heteroatoms. The lowest BCUT2D eigenvalue weighted by atomic mass is 10.2. The molecule has 0 aliphatic carbocycles. The van der Waals surface area contributed by atoms with Gasteiger partial charge in [0.25, 0.3) is 5.91 Å². The second-order valence-corrected chi connectivity index (χ2v) is 10.2. The lowest BCUT2D eigenvalue weighted by Gasteiger charge is -2.27. The van der Waals surface area contributed by atoms with Gasteiger partial charge in [-0.3, -0.25) is 9.59 Å². The van der Waals surface area contributed by atoms with E-state index >= 15 is 0 Å². The lowest BCUT2D eigenvalue weighted by Crippen LogP contribution is -2.45. The van der Waals surface area contributed by atoms with Gasteiger partial charge in [-0.1, -0.05) is 35.3 Å². The Kier molecular flexibility index (Phi) is 6.73. The van der Waals surface area contributed by atoms with Gasteiger partial charge in [-0.25, -0.2) is 22.1 Å². The third kappa shape index (κ3) is 4.69. The highest BCUT2D eigenvalue weighted by Gasteiger charge is 2.47. The van der Waals surface area contributed by atoms with Crippen molar-refractivity contribution in [2.24, 2.45) is 0 Å². The fourth-order valence-electron chi connectivity index (χ4n) is 3.64. The standard InChI is InChI=1S/C23H16Cl2F2N2O4S/c24-15-3-10-19(25)21(11-15)34(32,33)28(13-14-1-4-16(26)5-2-14)20-12-22(30)29(23(20)31)18-8-6-17(27)7-9-18/h1-11,20H,12-13H2. The van der Waals surface area contributed by atoms with E-state index in [9.17, 15) is 26.8 Å². The van der Waals surface area contributed by atoms with Gasteiger partial charge in [-0.15, -0.1) is 0 Å². The van der Waals surface area contributed by atoms with E-state index in [-0.39, 0.29) is 27.2 Å². The molecule has 0 saturated carbocycles. The average molecular weight is 525 g/mol. The summed E-state index contributed by atoms with van der Waals surface area (Å²) in [6.45, 7) is -0.341. The van der Waals surface area contributed by atoms with Crippen LogP contribution in [0.2, 0.25) is 10.0 Å². The summed E-state index contributed by atoms with van der Waals surface area (Å²) in [7, 11) is -4.45. The summed E-state index contributed by atoms with van der Waals surface area (Å²) in [5.41, 5.74) is 0.488. The zero-order chi connectivity index (χ0) is 24.6. The Balaban J connectivity index is 1.78. The van der Waals surface area contributed by atoms with Crippen molar-refractivity contribution >= 4 is 50.7 Å². The Labute approximate surface area is 204 Å². The predicted molar refractivity (Wildman–Crippen MR) is 123 cm³/mol. The molecular weight excluding hydrogens is 509 g/mol. The van der Waals surface area contributed by atoms with E-state index in [4.69, 9.17) is 23.2 Å². The minimum atomic E-state index is -4.45. The van der Waals surface area contributed by atoms with Crippen LogP contribution in [0.1, 0.15) is 12.0 Å². The molecule has 3 aromatic rings. The van der Waals surface area contributed by atoms with Crippen molar-refractivity contribution in [1.29, 1.82) is 0 Å². The van der Waals surface area contributed by atoms with E-state index < -0.39 is 45.9 Å². The Morgan fingerprint density at radius 3 is 2.12 bits per heavy atom. The number of amides is 2. The molecule has 1 saturated heterocycles. The molecule has 1 atom stereocenters. The van der Waals surface area contributed by atoms with Crippen LogP contribution < -0.4 is 4.90 Å². The normalized spacial score (nSPS) is 16.5. The van der Waals surface area contributed by atoms with Gasteiger partial charge < -0.3 is 0 Å². The topological polar surface area (TPSA) is 74.8 Å². The van der Waals surface area contributed by atoms with Gasteiger partial charge in [-0.05, 0) is 60.2 Å². The van der Waals surface area contributed by atoms with E-state index in [1.807, 2.05) is 0 Å².